The van der Waals surface area contributed by atoms with Crippen molar-refractivity contribution in [2.24, 2.45) is 0 Å². The van der Waals surface area contributed by atoms with Crippen LogP contribution in [0.3, 0.4) is 0 Å². The monoisotopic (exact) mass is 405 g/mol. The van der Waals surface area contributed by atoms with Gasteiger partial charge in [-0.25, -0.2) is 13.1 Å². The zero-order valence-corrected chi connectivity index (χ0v) is 15.2. The summed E-state index contributed by atoms with van der Waals surface area (Å²) in [5.74, 6) is -0.698. The minimum atomic E-state index is -3.94. The fourth-order valence-electron chi connectivity index (χ4n) is 2.20. The Morgan fingerprint density at radius 1 is 1.43 bits per heavy atom. The highest BCUT2D eigenvalue weighted by Crippen LogP contribution is 2.21. The zero-order valence-electron chi connectivity index (χ0n) is 12.8. The van der Waals surface area contributed by atoms with Crippen molar-refractivity contribution < 1.29 is 22.7 Å². The van der Waals surface area contributed by atoms with E-state index in [-0.39, 0.29) is 17.6 Å². The topological polar surface area (TPSA) is 81.7 Å². The maximum Gasteiger partial charge on any atom is 0.265 e. The molecule has 128 valence electrons. The lowest BCUT2D eigenvalue weighted by molar-refractivity contribution is -0.133. The second-order valence-corrected chi connectivity index (χ2v) is 7.87. The molecule has 0 saturated carbocycles. The predicted molar refractivity (Wildman–Crippen MR) is 88.5 cm³/mol. The number of nitrogens with one attached hydrogen (secondary N) is 1. The van der Waals surface area contributed by atoms with Crippen molar-refractivity contribution in [3.05, 3.63) is 28.7 Å². The molecule has 0 spiro atoms. The van der Waals surface area contributed by atoms with Gasteiger partial charge in [0.2, 0.25) is 0 Å². The van der Waals surface area contributed by atoms with Gasteiger partial charge in [0.05, 0.1) is 12.7 Å². The highest BCUT2D eigenvalue weighted by Gasteiger charge is 2.25. The molecule has 2 rings (SSSR count). The van der Waals surface area contributed by atoms with Gasteiger partial charge in [0, 0.05) is 11.1 Å². The number of sulfonamides is 1. The SMILES string of the molecule is C[C@H](OC[C@@H]1CCCCO1)C(=O)NS(=O)(=O)c1ccccc1Br. The maximum absolute atomic E-state index is 12.2. The Hall–Kier alpha value is -0.960. The molecule has 0 aliphatic carbocycles. The van der Waals surface area contributed by atoms with Gasteiger partial charge < -0.3 is 9.47 Å². The molecule has 1 fully saturated rings. The lowest BCUT2D eigenvalue weighted by Crippen LogP contribution is -2.40. The van der Waals surface area contributed by atoms with Crippen molar-refractivity contribution in [2.75, 3.05) is 13.2 Å². The van der Waals surface area contributed by atoms with Crippen LogP contribution in [0.25, 0.3) is 0 Å². The zero-order chi connectivity index (χ0) is 16.9. The van der Waals surface area contributed by atoms with Crippen LogP contribution in [0, 0.1) is 0 Å². The molecule has 1 amide bonds. The van der Waals surface area contributed by atoms with Gasteiger partial charge in [0.1, 0.15) is 11.0 Å². The van der Waals surface area contributed by atoms with Crippen molar-refractivity contribution >= 4 is 31.9 Å². The molecular formula is C15H20BrNO5S. The molecule has 8 heteroatoms. The molecule has 0 unspecified atom stereocenters. The van der Waals surface area contributed by atoms with Crippen LogP contribution in [0.2, 0.25) is 0 Å². The average molecular weight is 406 g/mol. The van der Waals surface area contributed by atoms with E-state index in [1.165, 1.54) is 13.0 Å². The standard InChI is InChI=1S/C15H20BrNO5S/c1-11(22-10-12-6-4-5-9-21-12)15(18)17-23(19,20)14-8-3-2-7-13(14)16/h2-3,7-8,11-12H,4-6,9-10H2,1H3,(H,17,18)/t11-,12-/m0/s1. The van der Waals surface area contributed by atoms with Crippen LogP contribution in [-0.4, -0.2) is 39.7 Å². The lowest BCUT2D eigenvalue weighted by Gasteiger charge is -2.23. The molecule has 23 heavy (non-hydrogen) atoms. The van der Waals surface area contributed by atoms with E-state index in [0.717, 1.165) is 19.3 Å². The average Bonchev–Trinajstić information content (AvgIpc) is 2.53. The molecule has 1 aliphatic rings. The Labute approximate surface area is 144 Å². The van der Waals surface area contributed by atoms with E-state index in [2.05, 4.69) is 15.9 Å². The van der Waals surface area contributed by atoms with Crippen LogP contribution in [0.4, 0.5) is 0 Å². The predicted octanol–water partition coefficient (Wildman–Crippen LogP) is 2.23. The van der Waals surface area contributed by atoms with Crippen LogP contribution >= 0.6 is 15.9 Å². The van der Waals surface area contributed by atoms with Crippen molar-refractivity contribution in [2.45, 2.75) is 43.3 Å². The Morgan fingerprint density at radius 2 is 2.17 bits per heavy atom. The first-order chi connectivity index (χ1) is 10.9. The normalized spacial score (nSPS) is 20.0. The second kappa shape index (κ2) is 8.23. The third kappa shape index (κ3) is 5.27. The van der Waals surface area contributed by atoms with E-state index in [1.54, 1.807) is 18.2 Å². The molecule has 0 radical (unpaired) electrons. The highest BCUT2D eigenvalue weighted by molar-refractivity contribution is 9.10. The maximum atomic E-state index is 12.2. The molecular weight excluding hydrogens is 386 g/mol. The van der Waals surface area contributed by atoms with Crippen LogP contribution in [0.15, 0.2) is 33.6 Å². The van der Waals surface area contributed by atoms with Gasteiger partial charge in [-0.1, -0.05) is 12.1 Å². The fraction of sp³-hybridized carbons (Fsp3) is 0.533. The Bertz CT molecular complexity index is 643. The number of hydrogen-bond acceptors (Lipinski definition) is 5. The molecule has 1 saturated heterocycles. The summed E-state index contributed by atoms with van der Waals surface area (Å²) in [6.45, 7) is 2.50. The van der Waals surface area contributed by atoms with Crippen LogP contribution in [0.5, 0.6) is 0 Å². The van der Waals surface area contributed by atoms with Gasteiger partial charge in [-0.2, -0.15) is 0 Å². The summed E-state index contributed by atoms with van der Waals surface area (Å²) in [7, 11) is -3.94. The molecule has 1 N–H and O–H groups in total. The quantitative estimate of drug-likeness (QED) is 0.784. The van der Waals surface area contributed by atoms with Gasteiger partial charge in [0.25, 0.3) is 15.9 Å². The van der Waals surface area contributed by atoms with Crippen molar-refractivity contribution in [1.82, 2.24) is 4.72 Å². The number of halogens is 1. The van der Waals surface area contributed by atoms with E-state index in [9.17, 15) is 13.2 Å². The Kier molecular flexibility index (Phi) is 6.58. The molecule has 6 nitrogen and oxygen atoms in total. The molecule has 0 bridgehead atoms. The summed E-state index contributed by atoms with van der Waals surface area (Å²) in [6, 6.07) is 6.30. The number of carbonyl (C=O) groups excluding carboxylic acids is 1. The molecule has 1 aromatic rings. The minimum absolute atomic E-state index is 0.0103. The summed E-state index contributed by atoms with van der Waals surface area (Å²) in [4.78, 5) is 12.1. The highest BCUT2D eigenvalue weighted by atomic mass is 79.9. The smallest absolute Gasteiger partial charge is 0.265 e. The summed E-state index contributed by atoms with van der Waals surface area (Å²) in [5, 5.41) is 0. The third-order valence-electron chi connectivity index (χ3n) is 3.54. The van der Waals surface area contributed by atoms with E-state index in [1.807, 2.05) is 4.72 Å². The second-order valence-electron chi connectivity index (χ2n) is 5.36. The lowest BCUT2D eigenvalue weighted by atomic mass is 10.1. The molecule has 2 atom stereocenters. The Balaban J connectivity index is 1.91. The molecule has 1 aliphatic heterocycles. The van der Waals surface area contributed by atoms with Crippen LogP contribution < -0.4 is 4.72 Å². The minimum Gasteiger partial charge on any atom is -0.376 e. The first-order valence-corrected chi connectivity index (χ1v) is 9.72. The summed E-state index contributed by atoms with van der Waals surface area (Å²) in [6.07, 6.45) is 2.10. The van der Waals surface area contributed by atoms with Crippen molar-refractivity contribution in [3.63, 3.8) is 0 Å². The van der Waals surface area contributed by atoms with E-state index < -0.39 is 22.0 Å². The largest absolute Gasteiger partial charge is 0.376 e. The first-order valence-electron chi connectivity index (χ1n) is 7.44. The fourth-order valence-corrected chi connectivity index (χ4v) is 4.25. The van der Waals surface area contributed by atoms with Gasteiger partial charge >= 0.3 is 0 Å². The summed E-state index contributed by atoms with van der Waals surface area (Å²) >= 11 is 3.16. The van der Waals surface area contributed by atoms with E-state index in [0.29, 0.717) is 11.1 Å². The van der Waals surface area contributed by atoms with Crippen LogP contribution in [-0.2, 0) is 24.3 Å². The number of ether oxygens (including phenoxy) is 2. The number of rotatable bonds is 6. The molecule has 1 heterocycles. The van der Waals surface area contributed by atoms with Gasteiger partial charge in [-0.05, 0) is 54.2 Å². The number of carbonyl (C=O) groups is 1. The summed E-state index contributed by atoms with van der Waals surface area (Å²) < 4.78 is 37.8. The summed E-state index contributed by atoms with van der Waals surface area (Å²) in [5.41, 5.74) is 0. The van der Waals surface area contributed by atoms with Crippen LogP contribution in [0.1, 0.15) is 26.2 Å². The molecule has 1 aromatic carbocycles. The van der Waals surface area contributed by atoms with Gasteiger partial charge in [-0.3, -0.25) is 4.79 Å². The van der Waals surface area contributed by atoms with Crippen molar-refractivity contribution in [1.29, 1.82) is 0 Å². The van der Waals surface area contributed by atoms with Gasteiger partial charge in [-0.15, -0.1) is 0 Å². The number of amides is 1. The third-order valence-corrected chi connectivity index (χ3v) is 5.90. The number of hydrogen-bond donors (Lipinski definition) is 1. The van der Waals surface area contributed by atoms with Crippen molar-refractivity contribution in [3.8, 4) is 0 Å². The first kappa shape index (κ1) is 18.4. The van der Waals surface area contributed by atoms with E-state index in [4.69, 9.17) is 9.47 Å². The molecule has 0 aromatic heterocycles. The number of benzene rings is 1. The van der Waals surface area contributed by atoms with Gasteiger partial charge in [0.15, 0.2) is 0 Å². The Morgan fingerprint density at radius 3 is 2.83 bits per heavy atom. The van der Waals surface area contributed by atoms with E-state index >= 15 is 0 Å².